The number of amides is 5. The molecule has 5 amide bonds. The van der Waals surface area contributed by atoms with Crippen LogP contribution in [0, 0.1) is 0 Å². The highest BCUT2D eigenvalue weighted by Crippen LogP contribution is 2.22. The van der Waals surface area contributed by atoms with Crippen LogP contribution in [0.2, 0.25) is 0 Å². The van der Waals surface area contributed by atoms with Crippen LogP contribution in [0.1, 0.15) is 65.5 Å². The molecule has 1 heterocycles. The number of alkyl carbamates (subject to hydrolysis) is 3. The number of rotatable bonds is 16. The lowest BCUT2D eigenvalue weighted by Gasteiger charge is -2.26. The first-order valence-electron chi connectivity index (χ1n) is 16.4. The fourth-order valence-corrected chi connectivity index (χ4v) is 5.03. The Bertz CT molecular complexity index is 1560. The number of imide groups is 1. The monoisotopic (exact) mass is 688 g/mol. The van der Waals surface area contributed by atoms with Crippen LogP contribution >= 0.6 is 0 Å². The molecule has 0 saturated heterocycles. The molecule has 0 unspecified atom stereocenters. The van der Waals surface area contributed by atoms with Crippen molar-refractivity contribution in [3.8, 4) is 0 Å². The zero-order valence-electron chi connectivity index (χ0n) is 28.5. The highest BCUT2D eigenvalue weighted by Gasteiger charge is 2.37. The number of carbonyl (C=O) groups excluding carboxylic acids is 5. The lowest BCUT2D eigenvalue weighted by Crippen LogP contribution is -2.49. The molecule has 3 aromatic rings. The Morgan fingerprint density at radius 2 is 1.18 bits per heavy atom. The van der Waals surface area contributed by atoms with Crippen molar-refractivity contribution < 1.29 is 42.9 Å². The first-order valence-corrected chi connectivity index (χ1v) is 16.4. The van der Waals surface area contributed by atoms with Gasteiger partial charge in [0.1, 0.15) is 18.8 Å². The number of benzene rings is 3. The van der Waals surface area contributed by atoms with Gasteiger partial charge < -0.3 is 34.9 Å². The lowest BCUT2D eigenvalue weighted by molar-refractivity contribution is 0.0385. The molecule has 0 saturated carbocycles. The normalized spacial score (nSPS) is 13.5. The van der Waals surface area contributed by atoms with Gasteiger partial charge in [-0.15, -0.1) is 0 Å². The molecular weight excluding hydrogens is 644 g/mol. The van der Waals surface area contributed by atoms with Crippen LogP contribution in [0.5, 0.6) is 0 Å². The Labute approximate surface area is 291 Å². The van der Waals surface area contributed by atoms with Gasteiger partial charge in [-0.05, 0) is 56.9 Å². The molecule has 50 heavy (non-hydrogen) atoms. The minimum Gasteiger partial charge on any atom is -0.445 e. The van der Waals surface area contributed by atoms with Gasteiger partial charge in [-0.25, -0.2) is 14.4 Å². The second-order valence-electron chi connectivity index (χ2n) is 12.7. The second-order valence-corrected chi connectivity index (χ2v) is 12.7. The van der Waals surface area contributed by atoms with Crippen molar-refractivity contribution in [1.29, 1.82) is 0 Å². The highest BCUT2D eigenvalue weighted by molar-refractivity contribution is 6.21. The summed E-state index contributed by atoms with van der Waals surface area (Å²) in [6.07, 6.45) is -1.11. The number of ether oxygens (including phenoxy) is 4. The third-order valence-corrected chi connectivity index (χ3v) is 7.39. The minimum atomic E-state index is -0.844. The summed E-state index contributed by atoms with van der Waals surface area (Å²) in [6, 6.07) is 23.5. The van der Waals surface area contributed by atoms with Gasteiger partial charge in [-0.2, -0.15) is 0 Å². The Morgan fingerprint density at radius 3 is 1.74 bits per heavy atom. The summed E-state index contributed by atoms with van der Waals surface area (Å²) in [6.45, 7) is 5.37. The molecule has 1 aliphatic heterocycles. The Hall–Kier alpha value is -5.43. The quantitative estimate of drug-likeness (QED) is 0.104. The maximum atomic E-state index is 13.1. The largest absolute Gasteiger partial charge is 0.445 e. The van der Waals surface area contributed by atoms with Gasteiger partial charge >= 0.3 is 18.3 Å². The third-order valence-electron chi connectivity index (χ3n) is 7.39. The molecule has 0 bridgehead atoms. The van der Waals surface area contributed by atoms with Crippen LogP contribution in [0.3, 0.4) is 0 Å². The third kappa shape index (κ3) is 12.2. The minimum absolute atomic E-state index is 0.00292. The molecular formula is C37H44N4O9. The molecule has 3 N–H and O–H groups in total. The molecule has 3 aromatic carbocycles. The van der Waals surface area contributed by atoms with Gasteiger partial charge in [0.25, 0.3) is 11.8 Å². The maximum Gasteiger partial charge on any atom is 0.407 e. The average Bonchev–Trinajstić information content (AvgIpc) is 3.33. The van der Waals surface area contributed by atoms with Crippen LogP contribution in [0.15, 0.2) is 84.9 Å². The summed E-state index contributed by atoms with van der Waals surface area (Å²) in [5.74, 6) is -0.955. The molecule has 13 heteroatoms. The lowest BCUT2D eigenvalue weighted by atomic mass is 10.1. The summed E-state index contributed by atoms with van der Waals surface area (Å²) in [5.41, 5.74) is 1.47. The van der Waals surface area contributed by atoms with Crippen molar-refractivity contribution in [1.82, 2.24) is 20.9 Å². The maximum absolute atomic E-state index is 13.1. The summed E-state index contributed by atoms with van der Waals surface area (Å²) >= 11 is 0. The molecule has 0 aliphatic carbocycles. The van der Waals surface area contributed by atoms with Crippen molar-refractivity contribution in [2.45, 2.75) is 64.5 Å². The Kier molecular flexibility index (Phi) is 13.7. The molecule has 0 spiro atoms. The van der Waals surface area contributed by atoms with E-state index in [1.165, 1.54) is 0 Å². The number of nitrogens with zero attached hydrogens (tertiary/aromatic N) is 1. The smallest absolute Gasteiger partial charge is 0.407 e. The molecule has 4 rings (SSSR count). The van der Waals surface area contributed by atoms with Gasteiger partial charge in [-0.1, -0.05) is 72.8 Å². The fourth-order valence-electron chi connectivity index (χ4n) is 5.03. The standard InChI is InChI=1S/C37H44N4O9/c1-37(2,3)50-36(46)39-28(17-12-20-38-34(44)48-22-26-13-6-4-7-14-26)24-47-25-29(40-35(45)49-23-27-15-8-5-9-16-27)21-41-32(42)30-18-10-11-19-31(30)33(41)43/h4-11,13-16,18-19,28-29H,12,17,20-25H2,1-3H3,(H,38,44)(H,39,46)(H,40,45)/t28-,29+/m0/s1. The number of fused-ring (bicyclic) bond motifs is 1. The van der Waals surface area contributed by atoms with E-state index in [2.05, 4.69) is 16.0 Å². The van der Waals surface area contributed by atoms with Crippen LogP contribution in [0.4, 0.5) is 14.4 Å². The van der Waals surface area contributed by atoms with Crippen molar-refractivity contribution in [3.05, 3.63) is 107 Å². The topological polar surface area (TPSA) is 162 Å². The van der Waals surface area contributed by atoms with Crippen molar-refractivity contribution in [3.63, 3.8) is 0 Å². The van der Waals surface area contributed by atoms with Crippen LogP contribution in [-0.2, 0) is 32.2 Å². The average molecular weight is 689 g/mol. The first kappa shape index (κ1) is 37.4. The molecule has 0 radical (unpaired) electrons. The first-order chi connectivity index (χ1) is 24.0. The van der Waals surface area contributed by atoms with Crippen molar-refractivity contribution in [2.24, 2.45) is 0 Å². The van der Waals surface area contributed by atoms with E-state index in [1.807, 2.05) is 60.7 Å². The zero-order valence-corrected chi connectivity index (χ0v) is 28.5. The van der Waals surface area contributed by atoms with Crippen LogP contribution < -0.4 is 16.0 Å². The fraction of sp³-hybridized carbons (Fsp3) is 0.378. The molecule has 266 valence electrons. The number of hydrogen-bond donors (Lipinski definition) is 3. The highest BCUT2D eigenvalue weighted by atomic mass is 16.6. The van der Waals surface area contributed by atoms with E-state index in [9.17, 15) is 24.0 Å². The summed E-state index contributed by atoms with van der Waals surface area (Å²) in [7, 11) is 0. The van der Waals surface area contributed by atoms with Crippen molar-refractivity contribution >= 4 is 30.1 Å². The van der Waals surface area contributed by atoms with E-state index in [1.54, 1.807) is 45.0 Å². The summed E-state index contributed by atoms with van der Waals surface area (Å²) in [4.78, 5) is 64.9. The molecule has 0 aromatic heterocycles. The number of hydrogen-bond acceptors (Lipinski definition) is 9. The van der Waals surface area contributed by atoms with E-state index in [0.29, 0.717) is 12.8 Å². The summed E-state index contributed by atoms with van der Waals surface area (Å²) < 4.78 is 22.0. The van der Waals surface area contributed by atoms with Gasteiger partial charge in [0.2, 0.25) is 0 Å². The van der Waals surface area contributed by atoms with E-state index >= 15 is 0 Å². The Balaban J connectivity index is 1.34. The van der Waals surface area contributed by atoms with E-state index < -0.39 is 47.8 Å². The molecule has 1 aliphatic rings. The van der Waals surface area contributed by atoms with E-state index in [0.717, 1.165) is 16.0 Å². The number of carbonyl (C=O) groups is 5. The second kappa shape index (κ2) is 18.4. The van der Waals surface area contributed by atoms with E-state index in [4.69, 9.17) is 18.9 Å². The Morgan fingerprint density at radius 1 is 0.680 bits per heavy atom. The predicted molar refractivity (Wildman–Crippen MR) is 183 cm³/mol. The molecule has 2 atom stereocenters. The van der Waals surface area contributed by atoms with Gasteiger partial charge in [-0.3, -0.25) is 14.5 Å². The SMILES string of the molecule is CC(C)(C)OC(=O)N[C@@H](CCCNC(=O)OCc1ccccc1)COC[C@@H](CN1C(=O)c2ccccc2C1=O)NC(=O)OCc1ccccc1. The van der Waals surface area contributed by atoms with Crippen LogP contribution in [0.25, 0.3) is 0 Å². The molecule has 13 nitrogen and oxygen atoms in total. The van der Waals surface area contributed by atoms with Gasteiger partial charge in [0.05, 0.1) is 43.0 Å². The number of nitrogens with one attached hydrogen (secondary N) is 3. The van der Waals surface area contributed by atoms with E-state index in [-0.39, 0.29) is 50.6 Å². The predicted octanol–water partition coefficient (Wildman–Crippen LogP) is 5.19. The van der Waals surface area contributed by atoms with Crippen molar-refractivity contribution in [2.75, 3.05) is 26.3 Å². The van der Waals surface area contributed by atoms with Crippen LogP contribution in [-0.4, -0.2) is 79.0 Å². The zero-order chi connectivity index (χ0) is 35.9. The molecule has 0 fully saturated rings. The summed E-state index contributed by atoms with van der Waals surface area (Å²) in [5, 5.41) is 8.21. The van der Waals surface area contributed by atoms with Gasteiger partial charge in [0, 0.05) is 6.54 Å². The van der Waals surface area contributed by atoms with Gasteiger partial charge in [0.15, 0.2) is 0 Å².